The van der Waals surface area contributed by atoms with Crippen molar-refractivity contribution in [2.75, 3.05) is 0 Å². The van der Waals surface area contributed by atoms with Crippen molar-refractivity contribution in [3.8, 4) is 11.3 Å². The number of carbonyl (C=O) groups excluding carboxylic acids is 1. The molecular formula is C26H23N7O. The Balaban J connectivity index is 1.42. The lowest BCUT2D eigenvalue weighted by atomic mass is 10.0. The van der Waals surface area contributed by atoms with Gasteiger partial charge in [0.15, 0.2) is 0 Å². The number of hydrogen-bond acceptors (Lipinski definition) is 4. The van der Waals surface area contributed by atoms with Crippen LogP contribution in [-0.4, -0.2) is 31.9 Å². The van der Waals surface area contributed by atoms with E-state index in [4.69, 9.17) is 16.1 Å². The Kier molecular flexibility index (Phi) is 5.61. The number of amides is 1. The summed E-state index contributed by atoms with van der Waals surface area (Å²) in [5.74, 6) is 0.486. The number of aromatic amines is 2. The zero-order valence-electron chi connectivity index (χ0n) is 18.2. The number of fused-ring (bicyclic) bond motifs is 1. The van der Waals surface area contributed by atoms with Gasteiger partial charge in [0.25, 0.3) is 5.91 Å². The van der Waals surface area contributed by atoms with Crippen LogP contribution in [0.1, 0.15) is 33.4 Å². The third kappa shape index (κ3) is 4.42. The average molecular weight is 450 g/mol. The van der Waals surface area contributed by atoms with Gasteiger partial charge in [-0.3, -0.25) is 15.3 Å². The molecule has 0 spiro atoms. The van der Waals surface area contributed by atoms with Gasteiger partial charge in [-0.1, -0.05) is 60.7 Å². The number of benzene rings is 3. The number of nitrogens with zero attached hydrogens (tertiary/aromatic N) is 2. The zero-order chi connectivity index (χ0) is 23.5. The second-order valence-corrected chi connectivity index (χ2v) is 8.05. The van der Waals surface area contributed by atoms with Gasteiger partial charge in [0.2, 0.25) is 0 Å². The summed E-state index contributed by atoms with van der Waals surface area (Å²) in [5, 5.41) is 18.6. The molecule has 8 heteroatoms. The summed E-state index contributed by atoms with van der Waals surface area (Å²) >= 11 is 0. The standard InChI is InChI=1S/C26H23N7O/c27-24(28)18-8-6-17(7-9-18)23-15-29-25(31-23)22(12-16-4-2-1-3-5-16)32-26(34)19-10-11-20-14-30-33-21(20)13-19/h1-11,13-15,22H,12H2,(H3,27,28)(H,29,31)(H,30,33)(H,32,34)/t22-/m0/s1. The van der Waals surface area contributed by atoms with Crippen molar-refractivity contribution < 1.29 is 4.79 Å². The molecule has 8 nitrogen and oxygen atoms in total. The molecule has 1 atom stereocenters. The highest BCUT2D eigenvalue weighted by molar-refractivity contribution is 5.98. The molecule has 6 N–H and O–H groups in total. The highest BCUT2D eigenvalue weighted by Crippen LogP contribution is 2.23. The molecule has 0 saturated heterocycles. The van der Waals surface area contributed by atoms with Gasteiger partial charge in [0.1, 0.15) is 11.7 Å². The van der Waals surface area contributed by atoms with Crippen LogP contribution >= 0.6 is 0 Å². The van der Waals surface area contributed by atoms with Crippen molar-refractivity contribution in [1.82, 2.24) is 25.5 Å². The van der Waals surface area contributed by atoms with Crippen LogP contribution in [0.25, 0.3) is 22.2 Å². The molecule has 0 aliphatic rings. The maximum atomic E-state index is 13.1. The predicted molar refractivity (Wildman–Crippen MR) is 131 cm³/mol. The first-order chi connectivity index (χ1) is 16.6. The van der Waals surface area contributed by atoms with Crippen molar-refractivity contribution in [2.45, 2.75) is 12.5 Å². The van der Waals surface area contributed by atoms with E-state index in [2.05, 4.69) is 20.5 Å². The van der Waals surface area contributed by atoms with Crippen LogP contribution in [0.5, 0.6) is 0 Å². The van der Waals surface area contributed by atoms with Gasteiger partial charge in [0.05, 0.1) is 23.4 Å². The van der Waals surface area contributed by atoms with Crippen molar-refractivity contribution >= 4 is 22.6 Å². The van der Waals surface area contributed by atoms with E-state index >= 15 is 0 Å². The quantitative estimate of drug-likeness (QED) is 0.190. The van der Waals surface area contributed by atoms with Crippen LogP contribution < -0.4 is 11.1 Å². The highest BCUT2D eigenvalue weighted by Gasteiger charge is 2.20. The normalized spacial score (nSPS) is 11.9. The fraction of sp³-hybridized carbons (Fsp3) is 0.0769. The fourth-order valence-electron chi connectivity index (χ4n) is 3.87. The SMILES string of the molecule is N=C(N)c1ccc(-c2c[nH]c([C@H](Cc3ccccc3)NC(=O)c3ccc4cn[nH]c4c3)n2)cc1. The summed E-state index contributed by atoms with van der Waals surface area (Å²) in [4.78, 5) is 21.1. The Bertz CT molecular complexity index is 1450. The number of amidine groups is 1. The number of aromatic nitrogens is 4. The molecule has 0 aliphatic heterocycles. The third-order valence-electron chi connectivity index (χ3n) is 5.71. The van der Waals surface area contributed by atoms with E-state index in [0.29, 0.717) is 23.4 Å². The van der Waals surface area contributed by atoms with Crippen molar-refractivity contribution in [3.05, 3.63) is 108 Å². The van der Waals surface area contributed by atoms with Crippen LogP contribution in [-0.2, 0) is 6.42 Å². The molecular weight excluding hydrogens is 426 g/mol. The highest BCUT2D eigenvalue weighted by atomic mass is 16.1. The lowest BCUT2D eigenvalue weighted by Crippen LogP contribution is -2.30. The summed E-state index contributed by atoms with van der Waals surface area (Å²) in [6.45, 7) is 0. The molecule has 2 heterocycles. The number of carbonyl (C=O) groups is 1. The van der Waals surface area contributed by atoms with Gasteiger partial charge in [0, 0.05) is 28.3 Å². The van der Waals surface area contributed by atoms with Crippen LogP contribution in [0.15, 0.2) is 85.2 Å². The van der Waals surface area contributed by atoms with E-state index in [9.17, 15) is 4.79 Å². The number of hydrogen-bond donors (Lipinski definition) is 5. The smallest absolute Gasteiger partial charge is 0.251 e. The van der Waals surface area contributed by atoms with Crippen LogP contribution in [0.3, 0.4) is 0 Å². The molecule has 0 radical (unpaired) electrons. The van der Waals surface area contributed by atoms with E-state index in [1.165, 1.54) is 0 Å². The lowest BCUT2D eigenvalue weighted by molar-refractivity contribution is 0.0935. The Morgan fingerprint density at radius 1 is 1.03 bits per heavy atom. The minimum absolute atomic E-state index is 0.0215. The molecule has 5 aromatic rings. The molecule has 0 fully saturated rings. The van der Waals surface area contributed by atoms with Gasteiger partial charge in [-0.05, 0) is 24.1 Å². The van der Waals surface area contributed by atoms with Gasteiger partial charge in [-0.2, -0.15) is 5.10 Å². The molecule has 3 aromatic carbocycles. The first-order valence-electron chi connectivity index (χ1n) is 10.8. The molecule has 168 valence electrons. The maximum Gasteiger partial charge on any atom is 0.251 e. The van der Waals surface area contributed by atoms with Crippen LogP contribution in [0.4, 0.5) is 0 Å². The number of nitrogen functional groups attached to an aromatic ring is 1. The molecule has 0 bridgehead atoms. The topological polar surface area (TPSA) is 136 Å². The zero-order valence-corrected chi connectivity index (χ0v) is 18.2. The van der Waals surface area contributed by atoms with Gasteiger partial charge in [-0.15, -0.1) is 0 Å². The first-order valence-corrected chi connectivity index (χ1v) is 10.8. The van der Waals surface area contributed by atoms with E-state index in [0.717, 1.165) is 27.7 Å². The number of nitrogens with one attached hydrogen (secondary N) is 4. The maximum absolute atomic E-state index is 13.1. The fourth-order valence-corrected chi connectivity index (χ4v) is 3.87. The Labute approximate surface area is 195 Å². The molecule has 5 rings (SSSR count). The van der Waals surface area contributed by atoms with Gasteiger partial charge >= 0.3 is 0 Å². The number of imidazole rings is 1. The monoisotopic (exact) mass is 449 g/mol. The number of rotatable bonds is 7. The molecule has 0 aliphatic carbocycles. The largest absolute Gasteiger partial charge is 0.384 e. The number of nitrogens with two attached hydrogens (primary N) is 1. The van der Waals surface area contributed by atoms with Crippen molar-refractivity contribution in [3.63, 3.8) is 0 Å². The Morgan fingerprint density at radius 3 is 2.56 bits per heavy atom. The Hall–Kier alpha value is -4.72. The van der Waals surface area contributed by atoms with E-state index in [1.807, 2.05) is 54.7 Å². The Morgan fingerprint density at radius 2 is 1.79 bits per heavy atom. The van der Waals surface area contributed by atoms with Gasteiger partial charge < -0.3 is 16.0 Å². The summed E-state index contributed by atoms with van der Waals surface area (Å²) in [6, 6.07) is 22.4. The summed E-state index contributed by atoms with van der Waals surface area (Å²) < 4.78 is 0. The minimum atomic E-state index is -0.363. The molecule has 1 amide bonds. The molecule has 2 aromatic heterocycles. The van der Waals surface area contributed by atoms with E-state index in [1.54, 1.807) is 30.5 Å². The van der Waals surface area contributed by atoms with Crippen molar-refractivity contribution in [1.29, 1.82) is 5.41 Å². The lowest BCUT2D eigenvalue weighted by Gasteiger charge is -2.17. The third-order valence-corrected chi connectivity index (χ3v) is 5.71. The predicted octanol–water partition coefficient (Wildman–Crippen LogP) is 3.95. The van der Waals surface area contributed by atoms with Gasteiger partial charge in [-0.25, -0.2) is 4.98 Å². The van der Waals surface area contributed by atoms with E-state index in [-0.39, 0.29) is 17.8 Å². The molecule has 0 saturated carbocycles. The summed E-state index contributed by atoms with van der Waals surface area (Å²) in [6.07, 6.45) is 4.12. The second kappa shape index (κ2) is 9.03. The first kappa shape index (κ1) is 21.1. The van der Waals surface area contributed by atoms with Crippen molar-refractivity contribution in [2.24, 2.45) is 5.73 Å². The van der Waals surface area contributed by atoms with Crippen LogP contribution in [0, 0.1) is 5.41 Å². The minimum Gasteiger partial charge on any atom is -0.384 e. The summed E-state index contributed by atoms with van der Waals surface area (Å²) in [7, 11) is 0. The molecule has 34 heavy (non-hydrogen) atoms. The van der Waals surface area contributed by atoms with E-state index < -0.39 is 0 Å². The second-order valence-electron chi connectivity index (χ2n) is 8.05. The average Bonchev–Trinajstić information content (AvgIpc) is 3.54. The number of H-pyrrole nitrogens is 2. The molecule has 0 unspecified atom stereocenters. The summed E-state index contributed by atoms with van der Waals surface area (Å²) in [5.41, 5.74) is 10.3. The van der Waals surface area contributed by atoms with Crippen LogP contribution in [0.2, 0.25) is 0 Å².